The molecule has 1 aromatic heterocycles. The molecular weight excluding hydrogens is 177 g/mol. The summed E-state index contributed by atoms with van der Waals surface area (Å²) >= 11 is 0. The zero-order valence-electron chi connectivity index (χ0n) is 7.68. The highest BCUT2D eigenvalue weighted by molar-refractivity contribution is 5.80. The van der Waals surface area contributed by atoms with Gasteiger partial charge in [0.1, 0.15) is 5.82 Å². The quantitative estimate of drug-likeness (QED) is 0.696. The zero-order chi connectivity index (χ0) is 9.97. The maximum atomic E-state index is 13.3. The highest BCUT2D eigenvalue weighted by atomic mass is 19.1. The van der Waals surface area contributed by atoms with Gasteiger partial charge < -0.3 is 4.98 Å². The highest BCUT2D eigenvalue weighted by Gasteiger charge is 2.03. The summed E-state index contributed by atoms with van der Waals surface area (Å²) in [7, 11) is 0. The lowest BCUT2D eigenvalue weighted by Gasteiger charge is -1.89. The first-order chi connectivity index (χ1) is 6.81. The molecule has 14 heavy (non-hydrogen) atoms. The lowest BCUT2D eigenvalue weighted by atomic mass is 10.2. The van der Waals surface area contributed by atoms with Crippen molar-refractivity contribution in [1.82, 2.24) is 4.98 Å². The molecule has 0 aliphatic carbocycles. The summed E-state index contributed by atoms with van der Waals surface area (Å²) < 4.78 is 13.3. The molecule has 2 heteroatoms. The van der Waals surface area contributed by atoms with E-state index in [2.05, 4.69) is 10.9 Å². The molecule has 1 nitrogen and oxygen atoms in total. The largest absolute Gasteiger partial charge is 0.358 e. The second kappa shape index (κ2) is 3.55. The third-order valence-corrected chi connectivity index (χ3v) is 2.21. The van der Waals surface area contributed by atoms with Gasteiger partial charge in [0, 0.05) is 23.0 Å². The number of H-pyrrole nitrogens is 1. The fourth-order valence-electron chi connectivity index (χ4n) is 1.52. The van der Waals surface area contributed by atoms with Gasteiger partial charge in [0.05, 0.1) is 0 Å². The number of hydrogen-bond donors (Lipinski definition) is 1. The van der Waals surface area contributed by atoms with Crippen molar-refractivity contribution in [1.29, 1.82) is 0 Å². The molecule has 1 aromatic carbocycles. The van der Waals surface area contributed by atoms with Crippen molar-refractivity contribution in [3.63, 3.8) is 0 Å². The van der Waals surface area contributed by atoms with E-state index >= 15 is 0 Å². The molecule has 1 N–H and O–H groups in total. The van der Waals surface area contributed by atoms with E-state index in [-0.39, 0.29) is 5.82 Å². The number of aromatic amines is 1. The summed E-state index contributed by atoms with van der Waals surface area (Å²) in [5, 5.41) is 0.638. The molecule has 0 spiro atoms. The standard InChI is InChI=1S/C12H10FN/c1-2-3-5-9-8-10-11(13)6-4-7-12(10)14-9/h1,4,6-8,14H,3,5H2. The van der Waals surface area contributed by atoms with Crippen LogP contribution in [0.5, 0.6) is 0 Å². The number of fused-ring (bicyclic) bond motifs is 1. The van der Waals surface area contributed by atoms with Crippen LogP contribution in [0.25, 0.3) is 10.9 Å². The van der Waals surface area contributed by atoms with E-state index < -0.39 is 0 Å². The van der Waals surface area contributed by atoms with E-state index in [1.165, 1.54) is 6.07 Å². The third kappa shape index (κ3) is 1.49. The molecule has 0 amide bonds. The van der Waals surface area contributed by atoms with Gasteiger partial charge in [-0.3, -0.25) is 0 Å². The lowest BCUT2D eigenvalue weighted by Crippen LogP contribution is -1.81. The van der Waals surface area contributed by atoms with Gasteiger partial charge in [-0.1, -0.05) is 6.07 Å². The number of terminal acetylenes is 1. The van der Waals surface area contributed by atoms with Crippen LogP contribution in [0.4, 0.5) is 4.39 Å². The first-order valence-electron chi connectivity index (χ1n) is 4.51. The molecule has 2 aromatic rings. The summed E-state index contributed by atoms with van der Waals surface area (Å²) in [6, 6.07) is 6.83. The Bertz CT molecular complexity index is 490. The average Bonchev–Trinajstić information content (AvgIpc) is 2.59. The molecule has 0 fully saturated rings. The van der Waals surface area contributed by atoms with Crippen molar-refractivity contribution < 1.29 is 4.39 Å². The fourth-order valence-corrected chi connectivity index (χ4v) is 1.52. The van der Waals surface area contributed by atoms with Gasteiger partial charge in [0.15, 0.2) is 0 Å². The SMILES string of the molecule is C#CCCc1cc2c(F)cccc2[nH]1. The number of aromatic nitrogens is 1. The zero-order valence-corrected chi connectivity index (χ0v) is 7.68. The lowest BCUT2D eigenvalue weighted by molar-refractivity contribution is 0.640. The predicted molar refractivity (Wildman–Crippen MR) is 55.4 cm³/mol. The maximum absolute atomic E-state index is 13.3. The van der Waals surface area contributed by atoms with Gasteiger partial charge in [-0.05, 0) is 24.6 Å². The van der Waals surface area contributed by atoms with Crippen molar-refractivity contribution >= 4 is 10.9 Å². The van der Waals surface area contributed by atoms with Crippen LogP contribution in [0, 0.1) is 18.2 Å². The topological polar surface area (TPSA) is 15.8 Å². The summed E-state index contributed by atoms with van der Waals surface area (Å²) in [6.07, 6.45) is 6.61. The normalized spacial score (nSPS) is 10.3. The summed E-state index contributed by atoms with van der Waals surface area (Å²) in [5.74, 6) is 2.37. The number of aryl methyl sites for hydroxylation is 1. The van der Waals surface area contributed by atoms with Crippen LogP contribution in [0.2, 0.25) is 0 Å². The monoisotopic (exact) mass is 187 g/mol. The number of hydrogen-bond acceptors (Lipinski definition) is 0. The first-order valence-corrected chi connectivity index (χ1v) is 4.51. The minimum absolute atomic E-state index is 0.189. The van der Waals surface area contributed by atoms with Crippen LogP contribution < -0.4 is 0 Å². The average molecular weight is 187 g/mol. The number of rotatable bonds is 2. The molecule has 0 saturated carbocycles. The highest BCUT2D eigenvalue weighted by Crippen LogP contribution is 2.19. The number of nitrogens with one attached hydrogen (secondary N) is 1. The Morgan fingerprint density at radius 2 is 2.29 bits per heavy atom. The predicted octanol–water partition coefficient (Wildman–Crippen LogP) is 2.87. The molecule has 1 heterocycles. The Kier molecular flexibility index (Phi) is 2.24. The molecular formula is C12H10FN. The van der Waals surface area contributed by atoms with Crippen LogP contribution >= 0.6 is 0 Å². The Balaban J connectivity index is 2.42. The molecule has 0 aliphatic heterocycles. The number of halogens is 1. The first kappa shape index (κ1) is 8.83. The molecule has 0 radical (unpaired) electrons. The second-order valence-electron chi connectivity index (χ2n) is 3.20. The van der Waals surface area contributed by atoms with E-state index in [9.17, 15) is 4.39 Å². The molecule has 70 valence electrons. The second-order valence-corrected chi connectivity index (χ2v) is 3.20. The van der Waals surface area contributed by atoms with Crippen molar-refractivity contribution in [3.8, 4) is 12.3 Å². The van der Waals surface area contributed by atoms with Crippen LogP contribution in [0.15, 0.2) is 24.3 Å². The minimum Gasteiger partial charge on any atom is -0.358 e. The maximum Gasteiger partial charge on any atom is 0.132 e. The van der Waals surface area contributed by atoms with Gasteiger partial charge in [0.2, 0.25) is 0 Å². The van der Waals surface area contributed by atoms with Crippen LogP contribution in [0.3, 0.4) is 0 Å². The summed E-state index contributed by atoms with van der Waals surface area (Å²) in [6.45, 7) is 0. The summed E-state index contributed by atoms with van der Waals surface area (Å²) in [4.78, 5) is 3.14. The van der Waals surface area contributed by atoms with E-state index in [1.54, 1.807) is 6.07 Å². The van der Waals surface area contributed by atoms with Crippen LogP contribution in [0.1, 0.15) is 12.1 Å². The van der Waals surface area contributed by atoms with Gasteiger partial charge in [0.25, 0.3) is 0 Å². The Morgan fingerprint density at radius 3 is 3.00 bits per heavy atom. The van der Waals surface area contributed by atoms with E-state index in [0.29, 0.717) is 11.8 Å². The summed E-state index contributed by atoms with van der Waals surface area (Å²) in [5.41, 5.74) is 1.82. The Labute approximate surface area is 81.9 Å². The van der Waals surface area contributed by atoms with Crippen LogP contribution in [-0.4, -0.2) is 4.98 Å². The molecule has 0 aliphatic rings. The number of benzene rings is 1. The van der Waals surface area contributed by atoms with Crippen molar-refractivity contribution in [2.45, 2.75) is 12.8 Å². The molecule has 0 atom stereocenters. The van der Waals surface area contributed by atoms with Gasteiger partial charge in [-0.25, -0.2) is 4.39 Å². The van der Waals surface area contributed by atoms with Crippen molar-refractivity contribution in [2.24, 2.45) is 0 Å². The van der Waals surface area contributed by atoms with Crippen LogP contribution in [-0.2, 0) is 6.42 Å². The van der Waals surface area contributed by atoms with E-state index in [0.717, 1.165) is 17.6 Å². The Morgan fingerprint density at radius 1 is 1.43 bits per heavy atom. The fraction of sp³-hybridized carbons (Fsp3) is 0.167. The molecule has 0 bridgehead atoms. The van der Waals surface area contributed by atoms with Gasteiger partial charge in [-0.2, -0.15) is 0 Å². The van der Waals surface area contributed by atoms with Crippen molar-refractivity contribution in [3.05, 3.63) is 35.8 Å². The Hall–Kier alpha value is -1.75. The smallest absolute Gasteiger partial charge is 0.132 e. The van der Waals surface area contributed by atoms with Gasteiger partial charge >= 0.3 is 0 Å². The molecule has 2 rings (SSSR count). The molecule has 0 unspecified atom stereocenters. The van der Waals surface area contributed by atoms with E-state index in [1.807, 2.05) is 12.1 Å². The van der Waals surface area contributed by atoms with Crippen molar-refractivity contribution in [2.75, 3.05) is 0 Å². The minimum atomic E-state index is -0.189. The van der Waals surface area contributed by atoms with E-state index in [4.69, 9.17) is 6.42 Å². The molecule has 0 saturated heterocycles. The van der Waals surface area contributed by atoms with Gasteiger partial charge in [-0.15, -0.1) is 12.3 Å². The third-order valence-electron chi connectivity index (χ3n) is 2.21.